The first-order chi connectivity index (χ1) is 47.6. The Morgan fingerprint density at radius 3 is 1.14 bits per heavy atom. The van der Waals surface area contributed by atoms with E-state index >= 15 is 0 Å². The fourth-order valence-corrected chi connectivity index (χ4v) is 17.5. The minimum atomic E-state index is -0.112. The van der Waals surface area contributed by atoms with Crippen molar-refractivity contribution >= 4 is 76.2 Å². The first-order valence-corrected chi connectivity index (χ1v) is 33.9. The summed E-state index contributed by atoms with van der Waals surface area (Å²) in [5, 5.41) is 9.75. The Morgan fingerprint density at radius 1 is 0.247 bits per heavy atom. The van der Waals surface area contributed by atoms with E-state index in [2.05, 4.69) is 333 Å². The van der Waals surface area contributed by atoms with Gasteiger partial charge in [-0.2, -0.15) is 0 Å². The van der Waals surface area contributed by atoms with E-state index in [1.54, 1.807) is 0 Å². The lowest BCUT2D eigenvalue weighted by molar-refractivity contribution is 0.660. The smallest absolute Gasteiger partial charge is 0.160 e. The van der Waals surface area contributed by atoms with Crippen molar-refractivity contribution in [2.75, 3.05) is 0 Å². The molecule has 0 saturated heterocycles. The van der Waals surface area contributed by atoms with Gasteiger partial charge in [0.1, 0.15) is 0 Å². The summed E-state index contributed by atoms with van der Waals surface area (Å²) < 4.78 is 7.40. The Labute approximate surface area is 561 Å². The lowest BCUT2D eigenvalue weighted by Gasteiger charge is -2.22. The average Bonchev–Trinajstić information content (AvgIpc) is 1.61. The maximum Gasteiger partial charge on any atom is 0.160 e. The van der Waals surface area contributed by atoms with Crippen LogP contribution in [0.4, 0.5) is 0 Å². The highest BCUT2D eigenvalue weighted by Gasteiger charge is 2.37. The predicted octanol–water partition coefficient (Wildman–Crippen LogP) is 23.8. The molecule has 454 valence electrons. The SMILES string of the molecule is CC1(C)c2ccccc2-c2ccc(-n3c4ccccc4c4cc(-c5ccc6c(c5)c5cc(-c7ccc8c(c7)c7ccccc7n8-c7ccc8c(c7)C(C)(C)c7ccccc7-8)ccc5n6-c5ccc(-c6nc(-c7ccccc7)nc7c6-c6cccc8cccc-7c68)cc5)ccc43)cc21. The standard InChI is InChI=1S/C92H61N5/c1-91(2)76-28-12-8-22-64(76)66-42-40-62(52-78(66)91)96-80-30-14-10-24-68(80)72-48-57(34-44-82(72)96)59-36-46-84-74(50-59)75-51-60(58-35-45-83-73(49-58)69-25-11-15-31-81(69)97(83)63-41-43-67-65-23-9-13-29-77(65)92(3,4)79(67)53-63)37-47-85(75)95(84)61-38-32-55(33-39-61)88-87-70-26-16-20-54-21-17-27-71(86(54)70)89(87)94-90(93-88)56-18-6-5-7-19-56/h5-53H,1-4H3. The number of hydrogen-bond acceptors (Lipinski definition) is 2. The highest BCUT2D eigenvalue weighted by atomic mass is 15.0. The van der Waals surface area contributed by atoms with Gasteiger partial charge < -0.3 is 13.7 Å². The number of nitrogens with zero attached hydrogens (tertiary/aromatic N) is 5. The molecule has 0 radical (unpaired) electrons. The summed E-state index contributed by atoms with van der Waals surface area (Å²) in [5.41, 5.74) is 33.1. The van der Waals surface area contributed by atoms with E-state index < -0.39 is 0 Å². The van der Waals surface area contributed by atoms with Crippen LogP contribution in [0.2, 0.25) is 0 Å². The molecular weight excluding hydrogens is 1180 g/mol. The van der Waals surface area contributed by atoms with E-state index in [1.165, 1.54) is 149 Å². The molecule has 5 nitrogen and oxygen atoms in total. The summed E-state index contributed by atoms with van der Waals surface area (Å²) in [5.74, 6) is 0.719. The number of para-hydroxylation sites is 2. The third-order valence-electron chi connectivity index (χ3n) is 22.2. The van der Waals surface area contributed by atoms with Gasteiger partial charge in [0.05, 0.1) is 44.5 Å². The lowest BCUT2D eigenvalue weighted by atomic mass is 9.82. The van der Waals surface area contributed by atoms with Crippen LogP contribution in [0, 0.1) is 0 Å². The minimum absolute atomic E-state index is 0.112. The Bertz CT molecular complexity index is 6200. The summed E-state index contributed by atoms with van der Waals surface area (Å²) in [4.78, 5) is 10.8. The predicted molar refractivity (Wildman–Crippen MR) is 404 cm³/mol. The van der Waals surface area contributed by atoms with E-state index in [-0.39, 0.29) is 10.8 Å². The quantitative estimate of drug-likeness (QED) is 0.160. The number of hydrogen-bond donors (Lipinski definition) is 0. The molecule has 3 aliphatic carbocycles. The minimum Gasteiger partial charge on any atom is -0.309 e. The van der Waals surface area contributed by atoms with Gasteiger partial charge in [0.15, 0.2) is 5.82 Å². The summed E-state index contributed by atoms with van der Waals surface area (Å²) in [6, 6.07) is 111. The Balaban J connectivity index is 0.725. The molecule has 0 saturated carbocycles. The van der Waals surface area contributed by atoms with Crippen molar-refractivity contribution in [1.82, 2.24) is 23.7 Å². The molecule has 4 heterocycles. The molecule has 0 amide bonds. The van der Waals surface area contributed by atoms with Crippen LogP contribution in [-0.4, -0.2) is 23.7 Å². The molecule has 97 heavy (non-hydrogen) atoms. The van der Waals surface area contributed by atoms with Gasteiger partial charge in [0, 0.05) is 82.5 Å². The van der Waals surface area contributed by atoms with E-state index in [0.29, 0.717) is 0 Å². The first-order valence-electron chi connectivity index (χ1n) is 33.9. The van der Waals surface area contributed by atoms with Crippen LogP contribution in [0.15, 0.2) is 297 Å². The van der Waals surface area contributed by atoms with Crippen molar-refractivity contribution in [3.63, 3.8) is 0 Å². The second-order valence-electron chi connectivity index (χ2n) is 28.0. The van der Waals surface area contributed by atoms with E-state index in [1.807, 2.05) is 6.07 Å². The van der Waals surface area contributed by atoms with Crippen molar-refractivity contribution in [3.05, 3.63) is 320 Å². The van der Waals surface area contributed by atoms with Gasteiger partial charge in [0.25, 0.3) is 0 Å². The van der Waals surface area contributed by atoms with Gasteiger partial charge in [-0.05, 0) is 180 Å². The van der Waals surface area contributed by atoms with Crippen LogP contribution in [0.3, 0.4) is 0 Å². The number of aromatic nitrogens is 5. The maximum absolute atomic E-state index is 5.46. The van der Waals surface area contributed by atoms with E-state index in [0.717, 1.165) is 56.2 Å². The molecule has 3 aliphatic rings. The molecule has 0 atom stereocenters. The molecule has 5 heteroatoms. The van der Waals surface area contributed by atoms with E-state index in [4.69, 9.17) is 9.97 Å². The van der Waals surface area contributed by atoms with Crippen molar-refractivity contribution in [3.8, 4) is 107 Å². The molecule has 0 N–H and O–H groups in total. The number of fused-ring (bicyclic) bond motifs is 18. The molecule has 0 spiro atoms. The van der Waals surface area contributed by atoms with Gasteiger partial charge in [-0.3, -0.25) is 0 Å². The van der Waals surface area contributed by atoms with Crippen LogP contribution in [-0.2, 0) is 10.8 Å². The van der Waals surface area contributed by atoms with Crippen LogP contribution < -0.4 is 0 Å². The third kappa shape index (κ3) is 7.59. The zero-order valence-electron chi connectivity index (χ0n) is 54.0. The topological polar surface area (TPSA) is 40.6 Å². The van der Waals surface area contributed by atoms with Gasteiger partial charge in [-0.1, -0.05) is 228 Å². The molecule has 0 fully saturated rings. The molecule has 18 aromatic rings. The monoisotopic (exact) mass is 1240 g/mol. The molecule has 0 unspecified atom stereocenters. The number of benzene rings is 14. The van der Waals surface area contributed by atoms with Gasteiger partial charge in [-0.15, -0.1) is 0 Å². The zero-order valence-corrected chi connectivity index (χ0v) is 54.0. The number of rotatable bonds is 7. The normalized spacial score (nSPS) is 13.7. The van der Waals surface area contributed by atoms with Crippen LogP contribution in [0.1, 0.15) is 49.9 Å². The van der Waals surface area contributed by atoms with Gasteiger partial charge in [0.2, 0.25) is 0 Å². The fraction of sp³-hybridized carbons (Fsp3) is 0.0652. The highest BCUT2D eigenvalue weighted by Crippen LogP contribution is 2.54. The second kappa shape index (κ2) is 19.7. The third-order valence-corrected chi connectivity index (χ3v) is 22.2. The van der Waals surface area contributed by atoms with Crippen LogP contribution >= 0.6 is 0 Å². The zero-order chi connectivity index (χ0) is 64.2. The maximum atomic E-state index is 5.46. The molecule has 4 aromatic heterocycles. The molecule has 14 aromatic carbocycles. The van der Waals surface area contributed by atoms with Crippen molar-refractivity contribution < 1.29 is 0 Å². The van der Waals surface area contributed by atoms with Crippen molar-refractivity contribution in [2.45, 2.75) is 38.5 Å². The Morgan fingerprint density at radius 2 is 0.629 bits per heavy atom. The fourth-order valence-electron chi connectivity index (χ4n) is 17.5. The Hall–Kier alpha value is -12.2. The van der Waals surface area contributed by atoms with Crippen LogP contribution in [0.25, 0.3) is 183 Å². The summed E-state index contributed by atoms with van der Waals surface area (Å²) >= 11 is 0. The Kier molecular flexibility index (Phi) is 11.0. The molecule has 21 rings (SSSR count). The average molecular weight is 1240 g/mol. The molecular formula is C92H61N5. The summed E-state index contributed by atoms with van der Waals surface area (Å²) in [6.07, 6.45) is 0. The van der Waals surface area contributed by atoms with Gasteiger partial charge in [-0.25, -0.2) is 9.97 Å². The van der Waals surface area contributed by atoms with Gasteiger partial charge >= 0.3 is 0 Å². The molecule has 0 aliphatic heterocycles. The van der Waals surface area contributed by atoms with E-state index in [9.17, 15) is 0 Å². The van der Waals surface area contributed by atoms with Crippen LogP contribution in [0.5, 0.6) is 0 Å². The summed E-state index contributed by atoms with van der Waals surface area (Å²) in [6.45, 7) is 9.47. The second-order valence-corrected chi connectivity index (χ2v) is 28.0. The lowest BCUT2D eigenvalue weighted by Crippen LogP contribution is -2.15. The van der Waals surface area contributed by atoms with Crippen molar-refractivity contribution in [2.24, 2.45) is 0 Å². The largest absolute Gasteiger partial charge is 0.309 e. The van der Waals surface area contributed by atoms with Crippen molar-refractivity contribution in [1.29, 1.82) is 0 Å². The first kappa shape index (κ1) is 54.2. The molecule has 0 bridgehead atoms. The summed E-state index contributed by atoms with van der Waals surface area (Å²) in [7, 11) is 0. The highest BCUT2D eigenvalue weighted by molar-refractivity contribution is 6.18.